The molecule has 0 fully saturated rings. The van der Waals surface area contributed by atoms with E-state index in [9.17, 15) is 4.39 Å². The molecule has 1 atom stereocenters. The number of hydrogen-bond donors (Lipinski definition) is 2. The lowest BCUT2D eigenvalue weighted by Gasteiger charge is -2.17. The summed E-state index contributed by atoms with van der Waals surface area (Å²) >= 11 is 0. The van der Waals surface area contributed by atoms with E-state index < -0.39 is 0 Å². The Labute approximate surface area is 117 Å². The van der Waals surface area contributed by atoms with Crippen LogP contribution in [0.2, 0.25) is 0 Å². The molecule has 0 bridgehead atoms. The summed E-state index contributed by atoms with van der Waals surface area (Å²) in [6.07, 6.45) is 2.17. The third-order valence-corrected chi connectivity index (χ3v) is 3.54. The molecular formula is C14H19FN4O. The van der Waals surface area contributed by atoms with Crippen LogP contribution in [-0.4, -0.2) is 16.9 Å². The summed E-state index contributed by atoms with van der Waals surface area (Å²) in [5.41, 5.74) is 5.23. The fourth-order valence-corrected chi connectivity index (χ4v) is 2.21. The minimum absolute atomic E-state index is 0.203. The van der Waals surface area contributed by atoms with Gasteiger partial charge in [0.05, 0.1) is 19.3 Å². The number of methoxy groups -OCH3 is 1. The van der Waals surface area contributed by atoms with Crippen LogP contribution in [0.3, 0.4) is 0 Å². The van der Waals surface area contributed by atoms with Gasteiger partial charge in [0.15, 0.2) is 11.6 Å². The molecule has 1 aromatic carbocycles. The zero-order valence-corrected chi connectivity index (χ0v) is 11.9. The molecule has 0 spiro atoms. The Morgan fingerprint density at radius 3 is 2.80 bits per heavy atom. The van der Waals surface area contributed by atoms with Gasteiger partial charge >= 0.3 is 0 Å². The molecule has 2 aromatic rings. The summed E-state index contributed by atoms with van der Waals surface area (Å²) < 4.78 is 20.9. The molecular weight excluding hydrogens is 259 g/mol. The number of nitrogens with zero attached hydrogens (tertiary/aromatic N) is 2. The zero-order valence-electron chi connectivity index (χ0n) is 11.9. The SMILES string of the molecule is COc1cccc(CC(NN)c2cnn(C)c2C)c1F. The molecule has 0 aliphatic carbocycles. The molecule has 0 amide bonds. The first-order chi connectivity index (χ1) is 9.58. The summed E-state index contributed by atoms with van der Waals surface area (Å²) in [6, 6.07) is 4.89. The molecule has 0 aliphatic rings. The maximum Gasteiger partial charge on any atom is 0.168 e. The maximum absolute atomic E-state index is 14.2. The van der Waals surface area contributed by atoms with Gasteiger partial charge in [-0.25, -0.2) is 4.39 Å². The van der Waals surface area contributed by atoms with Gasteiger partial charge < -0.3 is 4.74 Å². The lowest BCUT2D eigenvalue weighted by atomic mass is 9.99. The number of aryl methyl sites for hydroxylation is 1. The molecule has 0 saturated heterocycles. The average Bonchev–Trinajstić information content (AvgIpc) is 2.78. The van der Waals surface area contributed by atoms with Crippen LogP contribution in [0, 0.1) is 12.7 Å². The molecule has 0 saturated carbocycles. The first-order valence-electron chi connectivity index (χ1n) is 6.34. The van der Waals surface area contributed by atoms with Crippen molar-refractivity contribution >= 4 is 0 Å². The van der Waals surface area contributed by atoms with Gasteiger partial charge in [0.1, 0.15) is 0 Å². The highest BCUT2D eigenvalue weighted by Crippen LogP contribution is 2.26. The van der Waals surface area contributed by atoms with Crippen molar-refractivity contribution in [2.45, 2.75) is 19.4 Å². The monoisotopic (exact) mass is 278 g/mol. The fraction of sp³-hybridized carbons (Fsp3) is 0.357. The van der Waals surface area contributed by atoms with Crippen LogP contribution in [0.5, 0.6) is 5.75 Å². The van der Waals surface area contributed by atoms with Crippen molar-refractivity contribution in [3.05, 3.63) is 47.0 Å². The Hall–Kier alpha value is -1.92. The number of hydrogen-bond acceptors (Lipinski definition) is 4. The number of rotatable bonds is 5. The maximum atomic E-state index is 14.2. The number of halogens is 1. The quantitative estimate of drug-likeness (QED) is 0.644. The molecule has 0 radical (unpaired) electrons. The molecule has 20 heavy (non-hydrogen) atoms. The van der Waals surface area contributed by atoms with Gasteiger partial charge in [-0.15, -0.1) is 0 Å². The normalized spacial score (nSPS) is 12.4. The third-order valence-electron chi connectivity index (χ3n) is 3.54. The van der Waals surface area contributed by atoms with E-state index in [0.29, 0.717) is 12.0 Å². The van der Waals surface area contributed by atoms with E-state index in [4.69, 9.17) is 10.6 Å². The number of benzene rings is 1. The molecule has 2 rings (SSSR count). The second-order valence-corrected chi connectivity index (χ2v) is 4.67. The van der Waals surface area contributed by atoms with Crippen LogP contribution >= 0.6 is 0 Å². The molecule has 3 N–H and O–H groups in total. The van der Waals surface area contributed by atoms with Crippen molar-refractivity contribution in [2.75, 3.05) is 7.11 Å². The van der Waals surface area contributed by atoms with Crippen LogP contribution in [-0.2, 0) is 13.5 Å². The Balaban J connectivity index is 2.29. The van der Waals surface area contributed by atoms with Gasteiger partial charge in [0.2, 0.25) is 0 Å². The molecule has 6 heteroatoms. The highest BCUT2D eigenvalue weighted by Gasteiger charge is 2.19. The number of nitrogens with two attached hydrogens (primary N) is 1. The van der Waals surface area contributed by atoms with Crippen molar-refractivity contribution < 1.29 is 9.13 Å². The second kappa shape index (κ2) is 6.02. The van der Waals surface area contributed by atoms with Gasteiger partial charge in [-0.05, 0) is 25.0 Å². The predicted molar refractivity (Wildman–Crippen MR) is 74.7 cm³/mol. The molecule has 1 unspecified atom stereocenters. The van der Waals surface area contributed by atoms with Crippen molar-refractivity contribution in [1.29, 1.82) is 0 Å². The van der Waals surface area contributed by atoms with E-state index in [2.05, 4.69) is 10.5 Å². The Bertz CT molecular complexity index is 597. The molecule has 1 aromatic heterocycles. The molecule has 0 aliphatic heterocycles. The number of hydrazine groups is 1. The summed E-state index contributed by atoms with van der Waals surface area (Å²) in [7, 11) is 3.31. The first kappa shape index (κ1) is 14.5. The smallest absolute Gasteiger partial charge is 0.168 e. The predicted octanol–water partition coefficient (Wildman–Crippen LogP) is 1.62. The Morgan fingerprint density at radius 1 is 1.50 bits per heavy atom. The summed E-state index contributed by atoms with van der Waals surface area (Å²) in [4.78, 5) is 0. The van der Waals surface area contributed by atoms with E-state index in [1.807, 2.05) is 14.0 Å². The highest BCUT2D eigenvalue weighted by atomic mass is 19.1. The van der Waals surface area contributed by atoms with Gasteiger partial charge in [-0.3, -0.25) is 16.0 Å². The largest absolute Gasteiger partial charge is 0.494 e. The van der Waals surface area contributed by atoms with Crippen LogP contribution in [0.25, 0.3) is 0 Å². The van der Waals surface area contributed by atoms with E-state index in [0.717, 1.165) is 11.3 Å². The Kier molecular flexibility index (Phi) is 4.36. The van der Waals surface area contributed by atoms with Crippen molar-refractivity contribution in [3.63, 3.8) is 0 Å². The highest BCUT2D eigenvalue weighted by molar-refractivity contribution is 5.33. The van der Waals surface area contributed by atoms with Crippen molar-refractivity contribution in [2.24, 2.45) is 12.9 Å². The summed E-state index contributed by atoms with van der Waals surface area (Å²) in [6.45, 7) is 1.95. The van der Waals surface area contributed by atoms with Crippen LogP contribution in [0.4, 0.5) is 4.39 Å². The van der Waals surface area contributed by atoms with Gasteiger partial charge in [-0.2, -0.15) is 5.10 Å². The van der Waals surface area contributed by atoms with Crippen LogP contribution in [0.1, 0.15) is 22.9 Å². The zero-order chi connectivity index (χ0) is 14.7. The molecule has 1 heterocycles. The van der Waals surface area contributed by atoms with Gasteiger partial charge in [-0.1, -0.05) is 12.1 Å². The van der Waals surface area contributed by atoms with Crippen LogP contribution in [0.15, 0.2) is 24.4 Å². The third kappa shape index (κ3) is 2.66. The van der Waals surface area contributed by atoms with E-state index in [-0.39, 0.29) is 17.6 Å². The number of aromatic nitrogens is 2. The van der Waals surface area contributed by atoms with Crippen molar-refractivity contribution in [3.8, 4) is 5.75 Å². The summed E-state index contributed by atoms with van der Waals surface area (Å²) in [5, 5.41) is 4.19. The summed E-state index contributed by atoms with van der Waals surface area (Å²) in [5.74, 6) is 5.50. The van der Waals surface area contributed by atoms with E-state index >= 15 is 0 Å². The van der Waals surface area contributed by atoms with E-state index in [1.54, 1.807) is 29.1 Å². The lowest BCUT2D eigenvalue weighted by Crippen LogP contribution is -2.30. The number of nitrogens with one attached hydrogen (secondary N) is 1. The van der Waals surface area contributed by atoms with Crippen molar-refractivity contribution in [1.82, 2.24) is 15.2 Å². The lowest BCUT2D eigenvalue weighted by molar-refractivity contribution is 0.382. The standard InChI is InChI=1S/C14H19FN4O/c1-9-11(8-17-19(9)2)12(18-16)7-10-5-4-6-13(20-3)14(10)15/h4-6,8,12,18H,7,16H2,1-3H3. The second-order valence-electron chi connectivity index (χ2n) is 4.67. The van der Waals surface area contributed by atoms with E-state index in [1.165, 1.54) is 7.11 Å². The first-order valence-corrected chi connectivity index (χ1v) is 6.34. The Morgan fingerprint density at radius 2 is 2.25 bits per heavy atom. The molecule has 5 nitrogen and oxygen atoms in total. The van der Waals surface area contributed by atoms with Crippen LogP contribution < -0.4 is 16.0 Å². The number of ether oxygens (including phenoxy) is 1. The molecule has 108 valence electrons. The minimum atomic E-state index is -0.350. The average molecular weight is 278 g/mol. The fourth-order valence-electron chi connectivity index (χ4n) is 2.21. The minimum Gasteiger partial charge on any atom is -0.494 e. The van der Waals surface area contributed by atoms with Gasteiger partial charge in [0.25, 0.3) is 0 Å². The topological polar surface area (TPSA) is 65.1 Å². The van der Waals surface area contributed by atoms with Gasteiger partial charge in [0, 0.05) is 18.3 Å².